The van der Waals surface area contributed by atoms with E-state index in [4.69, 9.17) is 14.5 Å². The molecule has 0 atom stereocenters. The maximum atomic E-state index is 5.73. The Kier molecular flexibility index (Phi) is 6.78. The fourth-order valence-electron chi connectivity index (χ4n) is 2.94. The molecule has 1 aliphatic heterocycles. The number of ether oxygens (including phenoxy) is 2. The summed E-state index contributed by atoms with van der Waals surface area (Å²) in [6.45, 7) is 12.0. The molecule has 0 fully saturated rings. The van der Waals surface area contributed by atoms with Crippen LogP contribution in [0.2, 0.25) is 0 Å². The third kappa shape index (κ3) is 5.16. The van der Waals surface area contributed by atoms with Crippen LogP contribution in [0.3, 0.4) is 0 Å². The molecule has 0 saturated heterocycles. The summed E-state index contributed by atoms with van der Waals surface area (Å²) in [5.41, 5.74) is 1.11. The fraction of sp³-hybridized carbons (Fsp3) is 0.524. The van der Waals surface area contributed by atoms with Crippen LogP contribution in [0.4, 0.5) is 0 Å². The molecule has 1 aliphatic rings. The van der Waals surface area contributed by atoms with Crippen LogP contribution in [0.1, 0.15) is 43.1 Å². The number of nitrogens with zero attached hydrogens (tertiary/aromatic N) is 2. The van der Waals surface area contributed by atoms with Gasteiger partial charge in [-0.1, -0.05) is 26.8 Å². The lowest BCUT2D eigenvalue weighted by atomic mass is 9.84. The van der Waals surface area contributed by atoms with Crippen LogP contribution >= 0.6 is 11.3 Å². The first-order chi connectivity index (χ1) is 13.5. The number of hydrogen-bond acceptors (Lipinski definition) is 5. The van der Waals surface area contributed by atoms with E-state index >= 15 is 0 Å². The molecule has 6 nitrogen and oxygen atoms in total. The molecule has 0 bridgehead atoms. The largest absolute Gasteiger partial charge is 0.486 e. The maximum absolute atomic E-state index is 5.73. The van der Waals surface area contributed by atoms with Gasteiger partial charge in [-0.25, -0.2) is 9.98 Å². The number of fused-ring (bicyclic) bond motifs is 1. The molecular weight excluding hydrogens is 372 g/mol. The van der Waals surface area contributed by atoms with E-state index in [2.05, 4.69) is 55.4 Å². The quantitative estimate of drug-likeness (QED) is 0.548. The Morgan fingerprint density at radius 3 is 2.68 bits per heavy atom. The smallest absolute Gasteiger partial charge is 0.191 e. The summed E-state index contributed by atoms with van der Waals surface area (Å²) in [5.74, 6) is 2.46. The lowest BCUT2D eigenvalue weighted by Crippen LogP contribution is -2.43. The highest BCUT2D eigenvalue weighted by Crippen LogP contribution is 2.34. The minimum atomic E-state index is -0.0947. The summed E-state index contributed by atoms with van der Waals surface area (Å²) in [4.78, 5) is 10.4. The first kappa shape index (κ1) is 20.5. The van der Waals surface area contributed by atoms with Crippen LogP contribution < -0.4 is 20.1 Å². The Hall–Kier alpha value is -2.28. The Bertz CT molecular complexity index is 816. The SMILES string of the molecule is CCNC(=NCc1ncc(CC)s1)NCC(C)(C)c1ccc2c(c1)OCCO2. The average Bonchev–Trinajstić information content (AvgIpc) is 3.18. The van der Waals surface area contributed by atoms with E-state index < -0.39 is 0 Å². The van der Waals surface area contributed by atoms with Gasteiger partial charge in [-0.05, 0) is 31.0 Å². The molecule has 2 N–H and O–H groups in total. The van der Waals surface area contributed by atoms with E-state index in [0.717, 1.165) is 42.0 Å². The summed E-state index contributed by atoms with van der Waals surface area (Å²) in [7, 11) is 0. The lowest BCUT2D eigenvalue weighted by Gasteiger charge is -2.28. The highest BCUT2D eigenvalue weighted by atomic mass is 32.1. The van der Waals surface area contributed by atoms with Crippen molar-refractivity contribution in [2.24, 2.45) is 4.99 Å². The first-order valence-electron chi connectivity index (χ1n) is 9.87. The first-order valence-corrected chi connectivity index (χ1v) is 10.7. The fourth-order valence-corrected chi connectivity index (χ4v) is 3.73. The van der Waals surface area contributed by atoms with Gasteiger partial charge in [0.1, 0.15) is 18.2 Å². The van der Waals surface area contributed by atoms with Crippen molar-refractivity contribution >= 4 is 17.3 Å². The summed E-state index contributed by atoms with van der Waals surface area (Å²) >= 11 is 1.73. The van der Waals surface area contributed by atoms with Crippen molar-refractivity contribution in [3.8, 4) is 11.5 Å². The van der Waals surface area contributed by atoms with Gasteiger partial charge in [-0.2, -0.15) is 0 Å². The van der Waals surface area contributed by atoms with Gasteiger partial charge >= 0.3 is 0 Å². The van der Waals surface area contributed by atoms with Gasteiger partial charge in [0.2, 0.25) is 0 Å². The van der Waals surface area contributed by atoms with E-state index in [9.17, 15) is 0 Å². The van der Waals surface area contributed by atoms with Crippen molar-refractivity contribution in [3.63, 3.8) is 0 Å². The Balaban J connectivity index is 1.65. The van der Waals surface area contributed by atoms with Crippen LogP contribution in [-0.2, 0) is 18.4 Å². The Morgan fingerprint density at radius 2 is 1.96 bits per heavy atom. The summed E-state index contributed by atoms with van der Waals surface area (Å²) in [6.07, 6.45) is 2.96. The second-order valence-electron chi connectivity index (χ2n) is 7.36. The van der Waals surface area contributed by atoms with Gasteiger partial charge < -0.3 is 20.1 Å². The second-order valence-corrected chi connectivity index (χ2v) is 8.56. The van der Waals surface area contributed by atoms with E-state index in [0.29, 0.717) is 19.8 Å². The molecule has 3 rings (SSSR count). The number of guanidine groups is 1. The zero-order valence-electron chi connectivity index (χ0n) is 17.2. The molecule has 2 aromatic rings. The summed E-state index contributed by atoms with van der Waals surface area (Å²) in [5, 5.41) is 7.83. The molecule has 2 heterocycles. The highest BCUT2D eigenvalue weighted by molar-refractivity contribution is 7.11. The monoisotopic (exact) mass is 402 g/mol. The van der Waals surface area contributed by atoms with E-state index in [-0.39, 0.29) is 5.41 Å². The standard InChI is InChI=1S/C21H30N4O2S/c1-5-16-12-23-19(28-16)13-24-20(22-6-2)25-14-21(3,4)15-7-8-17-18(11-15)27-10-9-26-17/h7-8,11-12H,5-6,9-10,13-14H2,1-4H3,(H2,22,24,25). The molecule has 152 valence electrons. The topological polar surface area (TPSA) is 67.8 Å². The third-order valence-electron chi connectivity index (χ3n) is 4.69. The summed E-state index contributed by atoms with van der Waals surface area (Å²) in [6, 6.07) is 6.20. The minimum Gasteiger partial charge on any atom is -0.486 e. The number of aliphatic imine (C=N–C) groups is 1. The number of nitrogens with one attached hydrogen (secondary N) is 2. The molecule has 0 spiro atoms. The maximum Gasteiger partial charge on any atom is 0.191 e. The normalized spacial score (nSPS) is 14.1. The predicted octanol–water partition coefficient (Wildman–Crippen LogP) is 3.51. The van der Waals surface area contributed by atoms with Crippen LogP contribution in [0.5, 0.6) is 11.5 Å². The van der Waals surface area contributed by atoms with Crippen molar-refractivity contribution in [2.75, 3.05) is 26.3 Å². The van der Waals surface area contributed by atoms with Gasteiger partial charge in [-0.15, -0.1) is 11.3 Å². The second kappa shape index (κ2) is 9.28. The number of aromatic nitrogens is 1. The van der Waals surface area contributed by atoms with Crippen molar-refractivity contribution in [3.05, 3.63) is 39.8 Å². The molecule has 0 saturated carbocycles. The number of benzene rings is 1. The molecule has 1 aromatic heterocycles. The minimum absolute atomic E-state index is 0.0947. The predicted molar refractivity (Wildman–Crippen MR) is 115 cm³/mol. The zero-order valence-corrected chi connectivity index (χ0v) is 18.0. The Morgan fingerprint density at radius 1 is 1.18 bits per heavy atom. The van der Waals surface area contributed by atoms with Gasteiger partial charge in [0.15, 0.2) is 17.5 Å². The molecule has 0 radical (unpaired) electrons. The molecular formula is C21H30N4O2S. The zero-order chi connectivity index (χ0) is 20.0. The third-order valence-corrected chi connectivity index (χ3v) is 5.81. The van der Waals surface area contributed by atoms with Crippen LogP contribution in [0.25, 0.3) is 0 Å². The molecule has 7 heteroatoms. The van der Waals surface area contributed by atoms with Crippen molar-refractivity contribution < 1.29 is 9.47 Å². The van der Waals surface area contributed by atoms with Gasteiger partial charge in [0.05, 0.1) is 6.54 Å². The number of thiazole rings is 1. The van der Waals surface area contributed by atoms with Crippen molar-refractivity contribution in [2.45, 2.75) is 46.1 Å². The molecule has 1 aromatic carbocycles. The molecule has 0 aliphatic carbocycles. The van der Waals surface area contributed by atoms with Crippen molar-refractivity contribution in [1.82, 2.24) is 15.6 Å². The molecule has 28 heavy (non-hydrogen) atoms. The Labute approximate surface area is 171 Å². The van der Waals surface area contributed by atoms with Crippen molar-refractivity contribution in [1.29, 1.82) is 0 Å². The molecule has 0 amide bonds. The highest BCUT2D eigenvalue weighted by Gasteiger charge is 2.24. The lowest BCUT2D eigenvalue weighted by molar-refractivity contribution is 0.171. The number of hydrogen-bond donors (Lipinski definition) is 2. The van der Waals surface area contributed by atoms with Gasteiger partial charge in [0, 0.05) is 29.6 Å². The summed E-state index contributed by atoms with van der Waals surface area (Å²) < 4.78 is 11.4. The van der Waals surface area contributed by atoms with Crippen LogP contribution in [0.15, 0.2) is 29.4 Å². The number of rotatable bonds is 7. The van der Waals surface area contributed by atoms with Gasteiger partial charge in [0.25, 0.3) is 0 Å². The van der Waals surface area contributed by atoms with Crippen LogP contribution in [-0.4, -0.2) is 37.2 Å². The van der Waals surface area contributed by atoms with E-state index in [1.165, 1.54) is 10.4 Å². The average molecular weight is 403 g/mol. The van der Waals surface area contributed by atoms with Crippen LogP contribution in [0, 0.1) is 0 Å². The van der Waals surface area contributed by atoms with E-state index in [1.54, 1.807) is 11.3 Å². The number of aryl methyl sites for hydroxylation is 1. The van der Waals surface area contributed by atoms with Gasteiger partial charge in [-0.3, -0.25) is 0 Å². The molecule has 0 unspecified atom stereocenters. The van der Waals surface area contributed by atoms with E-state index in [1.807, 2.05) is 12.3 Å².